The van der Waals surface area contributed by atoms with E-state index in [4.69, 9.17) is 4.74 Å². The van der Waals surface area contributed by atoms with Gasteiger partial charge in [-0.2, -0.15) is 0 Å². The molecule has 84 valence electrons. The maximum atomic E-state index is 12.0. The van der Waals surface area contributed by atoms with Crippen molar-refractivity contribution in [2.75, 3.05) is 27.3 Å². The summed E-state index contributed by atoms with van der Waals surface area (Å²) in [6.45, 7) is 4.95. The number of sulfonamides is 1. The zero-order valence-corrected chi connectivity index (χ0v) is 10.0. The fourth-order valence-corrected chi connectivity index (χ4v) is 3.84. The molecule has 0 bridgehead atoms. The summed E-state index contributed by atoms with van der Waals surface area (Å²) in [6, 6.07) is 0. The van der Waals surface area contributed by atoms with Crippen LogP contribution in [-0.4, -0.2) is 45.3 Å². The second kappa shape index (κ2) is 4.16. The summed E-state index contributed by atoms with van der Waals surface area (Å²) in [5.74, 6) is 0.150. The molecule has 0 amide bonds. The second-order valence-electron chi connectivity index (χ2n) is 4.28. The SMILES string of the molecule is CC1COCC(C)C1S(=O)(=O)N(C)C. The van der Waals surface area contributed by atoms with E-state index in [1.807, 2.05) is 13.8 Å². The highest BCUT2D eigenvalue weighted by atomic mass is 32.2. The summed E-state index contributed by atoms with van der Waals surface area (Å²) < 4.78 is 30.6. The third-order valence-corrected chi connectivity index (χ3v) is 5.37. The van der Waals surface area contributed by atoms with Crippen molar-refractivity contribution in [3.8, 4) is 0 Å². The lowest BCUT2D eigenvalue weighted by atomic mass is 9.95. The quantitative estimate of drug-likeness (QED) is 0.684. The molecule has 0 aromatic rings. The molecule has 1 aliphatic rings. The molecule has 0 aromatic carbocycles. The predicted molar refractivity (Wildman–Crippen MR) is 55.5 cm³/mol. The Morgan fingerprint density at radius 3 is 1.93 bits per heavy atom. The molecule has 2 atom stereocenters. The van der Waals surface area contributed by atoms with E-state index in [0.29, 0.717) is 13.2 Å². The minimum absolute atomic E-state index is 0.0751. The largest absolute Gasteiger partial charge is 0.381 e. The fraction of sp³-hybridized carbons (Fsp3) is 1.00. The number of ether oxygens (including phenoxy) is 1. The summed E-state index contributed by atoms with van der Waals surface area (Å²) >= 11 is 0. The van der Waals surface area contributed by atoms with Crippen LogP contribution in [0.4, 0.5) is 0 Å². The van der Waals surface area contributed by atoms with Gasteiger partial charge in [0.15, 0.2) is 0 Å². The molecule has 1 rings (SSSR count). The van der Waals surface area contributed by atoms with E-state index >= 15 is 0 Å². The van der Waals surface area contributed by atoms with E-state index in [1.165, 1.54) is 4.31 Å². The average molecular weight is 221 g/mol. The van der Waals surface area contributed by atoms with Gasteiger partial charge in [-0.25, -0.2) is 12.7 Å². The van der Waals surface area contributed by atoms with E-state index in [1.54, 1.807) is 14.1 Å². The average Bonchev–Trinajstić information content (AvgIpc) is 2.02. The highest BCUT2D eigenvalue weighted by molar-refractivity contribution is 7.89. The number of hydrogen-bond donors (Lipinski definition) is 0. The lowest BCUT2D eigenvalue weighted by Crippen LogP contribution is -2.47. The first-order valence-corrected chi connectivity index (χ1v) is 6.36. The van der Waals surface area contributed by atoms with Crippen molar-refractivity contribution in [1.29, 1.82) is 0 Å². The minimum Gasteiger partial charge on any atom is -0.381 e. The van der Waals surface area contributed by atoms with Gasteiger partial charge in [-0.15, -0.1) is 0 Å². The first-order chi connectivity index (χ1) is 6.37. The standard InChI is InChI=1S/C9H19NO3S/c1-7-5-13-6-8(2)9(7)14(11,12)10(3)4/h7-9H,5-6H2,1-4H3. The Balaban J connectivity index is 2.93. The maximum absolute atomic E-state index is 12.0. The van der Waals surface area contributed by atoms with Gasteiger partial charge in [0.25, 0.3) is 0 Å². The lowest BCUT2D eigenvalue weighted by molar-refractivity contribution is 0.0293. The van der Waals surface area contributed by atoms with Crippen molar-refractivity contribution >= 4 is 10.0 Å². The van der Waals surface area contributed by atoms with Gasteiger partial charge in [0, 0.05) is 14.1 Å². The van der Waals surface area contributed by atoms with Crippen LogP contribution in [-0.2, 0) is 14.8 Å². The monoisotopic (exact) mass is 221 g/mol. The molecule has 1 fully saturated rings. The van der Waals surface area contributed by atoms with E-state index < -0.39 is 10.0 Å². The van der Waals surface area contributed by atoms with E-state index in [9.17, 15) is 8.42 Å². The Labute approximate surface area is 86.3 Å². The molecule has 2 unspecified atom stereocenters. The first-order valence-electron chi connectivity index (χ1n) is 4.86. The van der Waals surface area contributed by atoms with E-state index in [2.05, 4.69) is 0 Å². The zero-order valence-electron chi connectivity index (χ0n) is 9.23. The highest BCUT2D eigenvalue weighted by Gasteiger charge is 2.39. The van der Waals surface area contributed by atoms with Crippen LogP contribution in [0.25, 0.3) is 0 Å². The van der Waals surface area contributed by atoms with Gasteiger partial charge >= 0.3 is 0 Å². The van der Waals surface area contributed by atoms with Gasteiger partial charge in [-0.3, -0.25) is 0 Å². The molecule has 1 saturated heterocycles. The smallest absolute Gasteiger partial charge is 0.217 e. The van der Waals surface area contributed by atoms with Gasteiger partial charge in [-0.1, -0.05) is 13.8 Å². The van der Waals surface area contributed by atoms with Crippen LogP contribution in [0.15, 0.2) is 0 Å². The Kier molecular flexibility index (Phi) is 3.55. The summed E-state index contributed by atoms with van der Waals surface area (Å²) in [5.41, 5.74) is 0. The minimum atomic E-state index is -3.14. The summed E-state index contributed by atoms with van der Waals surface area (Å²) in [7, 11) is 0.0301. The van der Waals surface area contributed by atoms with Gasteiger partial charge in [0.2, 0.25) is 10.0 Å². The third kappa shape index (κ3) is 2.10. The molecule has 4 nitrogen and oxygen atoms in total. The van der Waals surface area contributed by atoms with Gasteiger partial charge in [0.05, 0.1) is 18.5 Å². The number of hydrogen-bond acceptors (Lipinski definition) is 3. The van der Waals surface area contributed by atoms with Crippen molar-refractivity contribution in [1.82, 2.24) is 4.31 Å². The molecule has 1 aliphatic heterocycles. The molecule has 0 N–H and O–H groups in total. The first kappa shape index (κ1) is 11.9. The van der Waals surface area contributed by atoms with Crippen molar-refractivity contribution < 1.29 is 13.2 Å². The molecule has 0 aliphatic carbocycles. The molecule has 0 spiro atoms. The van der Waals surface area contributed by atoms with Crippen LogP contribution in [0.1, 0.15) is 13.8 Å². The van der Waals surface area contributed by atoms with Crippen LogP contribution in [0.5, 0.6) is 0 Å². The van der Waals surface area contributed by atoms with Crippen molar-refractivity contribution in [3.05, 3.63) is 0 Å². The molecular formula is C9H19NO3S. The molecule has 0 radical (unpaired) electrons. The molecule has 1 heterocycles. The summed E-state index contributed by atoms with van der Waals surface area (Å²) in [4.78, 5) is 0. The Morgan fingerprint density at radius 2 is 1.57 bits per heavy atom. The molecular weight excluding hydrogens is 202 g/mol. The molecule has 0 aromatic heterocycles. The zero-order chi connectivity index (χ0) is 10.9. The second-order valence-corrected chi connectivity index (χ2v) is 6.59. The van der Waals surface area contributed by atoms with E-state index in [-0.39, 0.29) is 17.1 Å². The normalized spacial score (nSPS) is 34.8. The number of rotatable bonds is 2. The van der Waals surface area contributed by atoms with Crippen molar-refractivity contribution in [2.45, 2.75) is 19.1 Å². The highest BCUT2D eigenvalue weighted by Crippen LogP contribution is 2.27. The third-order valence-electron chi connectivity index (χ3n) is 2.74. The summed E-state index contributed by atoms with van der Waals surface area (Å²) in [6.07, 6.45) is 0. The van der Waals surface area contributed by atoms with Gasteiger partial charge in [0.1, 0.15) is 0 Å². The van der Waals surface area contributed by atoms with Crippen LogP contribution in [0.3, 0.4) is 0 Å². The van der Waals surface area contributed by atoms with Crippen LogP contribution >= 0.6 is 0 Å². The van der Waals surface area contributed by atoms with Gasteiger partial charge < -0.3 is 4.74 Å². The Hall–Kier alpha value is -0.130. The molecule has 5 heteroatoms. The number of nitrogens with zero attached hydrogens (tertiary/aromatic N) is 1. The Bertz CT molecular complexity index is 276. The van der Waals surface area contributed by atoms with E-state index in [0.717, 1.165) is 0 Å². The topological polar surface area (TPSA) is 46.6 Å². The van der Waals surface area contributed by atoms with Crippen LogP contribution in [0.2, 0.25) is 0 Å². The maximum Gasteiger partial charge on any atom is 0.217 e. The Morgan fingerprint density at radius 1 is 1.14 bits per heavy atom. The fourth-order valence-electron chi connectivity index (χ4n) is 2.02. The lowest BCUT2D eigenvalue weighted by Gasteiger charge is -2.35. The molecule has 0 saturated carbocycles. The predicted octanol–water partition coefficient (Wildman–Crippen LogP) is 0.549. The van der Waals surface area contributed by atoms with Crippen molar-refractivity contribution in [2.24, 2.45) is 11.8 Å². The molecule has 14 heavy (non-hydrogen) atoms. The van der Waals surface area contributed by atoms with Crippen LogP contribution in [0, 0.1) is 11.8 Å². The summed E-state index contributed by atoms with van der Waals surface area (Å²) in [5, 5.41) is -0.300. The van der Waals surface area contributed by atoms with Crippen molar-refractivity contribution in [3.63, 3.8) is 0 Å². The van der Waals surface area contributed by atoms with Crippen LogP contribution < -0.4 is 0 Å². The van der Waals surface area contributed by atoms with Gasteiger partial charge in [-0.05, 0) is 11.8 Å².